The van der Waals surface area contributed by atoms with Crippen molar-refractivity contribution in [1.82, 2.24) is 15.2 Å². The number of aromatic nitrogens is 1. The Bertz CT molecular complexity index is 826. The lowest BCUT2D eigenvalue weighted by Crippen LogP contribution is -2.47. The number of aromatic amines is 1. The highest BCUT2D eigenvalue weighted by Gasteiger charge is 2.22. The average Bonchev–Trinajstić information content (AvgIpc) is 3.03. The summed E-state index contributed by atoms with van der Waals surface area (Å²) in [5, 5.41) is 6.46. The standard InChI is InChI=1S/C19H26N4O4/c1-12(23-6-8-27-9-7-23)11-20-19(25)18-17(21-13(2)24)15-10-14(26-3)4-5-16(15)22-18/h4-5,10,12,22H,6-9,11H2,1-3H3,(H,20,25)(H,21,24)/t12-/m1/s1. The zero-order chi connectivity index (χ0) is 19.4. The van der Waals surface area contributed by atoms with E-state index >= 15 is 0 Å². The van der Waals surface area contributed by atoms with Crippen molar-refractivity contribution in [2.24, 2.45) is 0 Å². The van der Waals surface area contributed by atoms with Gasteiger partial charge < -0.3 is 25.1 Å². The summed E-state index contributed by atoms with van der Waals surface area (Å²) in [6.45, 7) is 7.17. The highest BCUT2D eigenvalue weighted by atomic mass is 16.5. The van der Waals surface area contributed by atoms with E-state index in [-0.39, 0.29) is 17.9 Å². The molecule has 1 aromatic carbocycles. The average molecular weight is 374 g/mol. The van der Waals surface area contributed by atoms with Crippen LogP contribution < -0.4 is 15.4 Å². The van der Waals surface area contributed by atoms with Crippen LogP contribution in [0.15, 0.2) is 18.2 Å². The molecule has 3 N–H and O–H groups in total. The van der Waals surface area contributed by atoms with Crippen molar-refractivity contribution in [3.63, 3.8) is 0 Å². The first-order valence-electron chi connectivity index (χ1n) is 9.07. The molecule has 8 nitrogen and oxygen atoms in total. The van der Waals surface area contributed by atoms with E-state index in [1.54, 1.807) is 19.2 Å². The Balaban J connectivity index is 1.79. The van der Waals surface area contributed by atoms with Gasteiger partial charge in [0, 0.05) is 43.5 Å². The number of hydrogen-bond donors (Lipinski definition) is 3. The Kier molecular flexibility index (Phi) is 5.98. The van der Waals surface area contributed by atoms with Gasteiger partial charge in [0.1, 0.15) is 11.4 Å². The summed E-state index contributed by atoms with van der Waals surface area (Å²) in [6, 6.07) is 5.63. The van der Waals surface area contributed by atoms with E-state index in [1.807, 2.05) is 6.07 Å². The molecule has 1 aliphatic rings. The SMILES string of the molecule is COc1ccc2[nH]c(C(=O)NC[C@@H](C)N3CCOCC3)c(NC(C)=O)c2c1. The first-order chi connectivity index (χ1) is 13.0. The Morgan fingerprint density at radius 2 is 2.07 bits per heavy atom. The topological polar surface area (TPSA) is 95.7 Å². The summed E-state index contributed by atoms with van der Waals surface area (Å²) in [5.41, 5.74) is 1.56. The van der Waals surface area contributed by atoms with Gasteiger partial charge >= 0.3 is 0 Å². The molecule has 146 valence electrons. The smallest absolute Gasteiger partial charge is 0.269 e. The molecule has 0 unspecified atom stereocenters. The van der Waals surface area contributed by atoms with Crippen LogP contribution in [-0.4, -0.2) is 67.7 Å². The Labute approximate surface area is 158 Å². The molecule has 2 amide bonds. The van der Waals surface area contributed by atoms with E-state index in [0.29, 0.717) is 23.7 Å². The number of carbonyl (C=O) groups excluding carboxylic acids is 2. The quantitative estimate of drug-likeness (QED) is 0.714. The van der Waals surface area contributed by atoms with Crippen LogP contribution in [0.3, 0.4) is 0 Å². The van der Waals surface area contributed by atoms with Crippen molar-refractivity contribution in [1.29, 1.82) is 0 Å². The first-order valence-corrected chi connectivity index (χ1v) is 9.07. The number of nitrogens with one attached hydrogen (secondary N) is 3. The molecule has 1 saturated heterocycles. The molecular formula is C19H26N4O4. The molecule has 2 heterocycles. The number of morpholine rings is 1. The molecule has 1 fully saturated rings. The van der Waals surface area contributed by atoms with Gasteiger partial charge in [-0.3, -0.25) is 14.5 Å². The Morgan fingerprint density at radius 1 is 1.33 bits per heavy atom. The summed E-state index contributed by atoms with van der Waals surface area (Å²) >= 11 is 0. The molecule has 1 atom stereocenters. The summed E-state index contributed by atoms with van der Waals surface area (Å²) in [4.78, 5) is 29.8. The number of anilines is 1. The summed E-state index contributed by atoms with van der Waals surface area (Å²) in [7, 11) is 1.58. The van der Waals surface area contributed by atoms with Crippen molar-refractivity contribution >= 4 is 28.4 Å². The van der Waals surface area contributed by atoms with Crippen molar-refractivity contribution in [3.05, 3.63) is 23.9 Å². The number of fused-ring (bicyclic) bond motifs is 1. The number of rotatable bonds is 6. The summed E-state index contributed by atoms with van der Waals surface area (Å²) in [5.74, 6) is 0.157. The molecule has 0 saturated carbocycles. The number of methoxy groups -OCH3 is 1. The molecule has 0 radical (unpaired) electrons. The summed E-state index contributed by atoms with van der Waals surface area (Å²) in [6.07, 6.45) is 0. The van der Waals surface area contributed by atoms with E-state index in [2.05, 4.69) is 27.4 Å². The predicted molar refractivity (Wildman–Crippen MR) is 103 cm³/mol. The molecule has 2 aromatic rings. The van der Waals surface area contributed by atoms with Gasteiger partial charge in [-0.15, -0.1) is 0 Å². The van der Waals surface area contributed by atoms with Crippen LogP contribution in [0, 0.1) is 0 Å². The molecule has 0 bridgehead atoms. The molecule has 3 rings (SSSR count). The van der Waals surface area contributed by atoms with Crippen LogP contribution in [0.1, 0.15) is 24.3 Å². The second-order valence-corrected chi connectivity index (χ2v) is 6.68. The summed E-state index contributed by atoms with van der Waals surface area (Å²) < 4.78 is 10.6. The van der Waals surface area contributed by atoms with E-state index in [1.165, 1.54) is 6.92 Å². The fourth-order valence-corrected chi connectivity index (χ4v) is 3.25. The second kappa shape index (κ2) is 8.41. The van der Waals surface area contributed by atoms with Gasteiger partial charge in [-0.1, -0.05) is 0 Å². The van der Waals surface area contributed by atoms with Crippen molar-refractivity contribution in [3.8, 4) is 5.75 Å². The highest BCUT2D eigenvalue weighted by molar-refractivity contribution is 6.12. The molecule has 1 aliphatic heterocycles. The maximum absolute atomic E-state index is 12.8. The number of nitrogens with zero attached hydrogens (tertiary/aromatic N) is 1. The monoisotopic (exact) mass is 374 g/mol. The van der Waals surface area contributed by atoms with Crippen molar-refractivity contribution < 1.29 is 19.1 Å². The number of carbonyl (C=O) groups is 2. The third kappa shape index (κ3) is 4.40. The lowest BCUT2D eigenvalue weighted by atomic mass is 10.2. The molecule has 27 heavy (non-hydrogen) atoms. The van der Waals surface area contributed by atoms with Crippen molar-refractivity contribution in [2.45, 2.75) is 19.9 Å². The minimum Gasteiger partial charge on any atom is -0.497 e. The van der Waals surface area contributed by atoms with Crippen LogP contribution in [0.4, 0.5) is 5.69 Å². The van der Waals surface area contributed by atoms with Gasteiger partial charge in [-0.2, -0.15) is 0 Å². The minimum absolute atomic E-state index is 0.200. The molecule has 0 aliphatic carbocycles. The lowest BCUT2D eigenvalue weighted by molar-refractivity contribution is -0.114. The van der Waals surface area contributed by atoms with E-state index in [9.17, 15) is 9.59 Å². The Hall–Kier alpha value is -2.58. The van der Waals surface area contributed by atoms with Gasteiger partial charge in [-0.05, 0) is 25.1 Å². The van der Waals surface area contributed by atoms with Crippen LogP contribution in [-0.2, 0) is 9.53 Å². The third-order valence-electron chi connectivity index (χ3n) is 4.76. The zero-order valence-electron chi connectivity index (χ0n) is 15.9. The second-order valence-electron chi connectivity index (χ2n) is 6.68. The largest absolute Gasteiger partial charge is 0.497 e. The molecule has 0 spiro atoms. The fraction of sp³-hybridized carbons (Fsp3) is 0.474. The van der Waals surface area contributed by atoms with Gasteiger partial charge in [-0.25, -0.2) is 0 Å². The van der Waals surface area contributed by atoms with Gasteiger partial charge in [0.05, 0.1) is 26.0 Å². The first kappa shape index (κ1) is 19.2. The number of benzene rings is 1. The molecule has 8 heteroatoms. The number of hydrogen-bond acceptors (Lipinski definition) is 5. The molecule has 1 aromatic heterocycles. The minimum atomic E-state index is -0.256. The maximum Gasteiger partial charge on any atom is 0.269 e. The fourth-order valence-electron chi connectivity index (χ4n) is 3.25. The third-order valence-corrected chi connectivity index (χ3v) is 4.76. The zero-order valence-corrected chi connectivity index (χ0v) is 15.9. The van der Waals surface area contributed by atoms with Crippen LogP contribution in [0.2, 0.25) is 0 Å². The highest BCUT2D eigenvalue weighted by Crippen LogP contribution is 2.31. The normalized spacial score (nSPS) is 16.1. The van der Waals surface area contributed by atoms with Gasteiger partial charge in [0.25, 0.3) is 5.91 Å². The van der Waals surface area contributed by atoms with E-state index < -0.39 is 0 Å². The van der Waals surface area contributed by atoms with E-state index in [4.69, 9.17) is 9.47 Å². The van der Waals surface area contributed by atoms with Gasteiger partial charge in [0.15, 0.2) is 0 Å². The number of H-pyrrole nitrogens is 1. The molecular weight excluding hydrogens is 348 g/mol. The number of ether oxygens (including phenoxy) is 2. The lowest BCUT2D eigenvalue weighted by Gasteiger charge is -2.32. The van der Waals surface area contributed by atoms with Gasteiger partial charge in [0.2, 0.25) is 5.91 Å². The van der Waals surface area contributed by atoms with Crippen molar-refractivity contribution in [2.75, 3.05) is 45.3 Å². The maximum atomic E-state index is 12.8. The number of amides is 2. The van der Waals surface area contributed by atoms with Crippen LogP contribution in [0.25, 0.3) is 10.9 Å². The van der Waals surface area contributed by atoms with Crippen LogP contribution >= 0.6 is 0 Å². The van der Waals surface area contributed by atoms with E-state index in [0.717, 1.165) is 37.2 Å². The Morgan fingerprint density at radius 3 is 2.74 bits per heavy atom. The predicted octanol–water partition coefficient (Wildman–Crippen LogP) is 1.59. The van der Waals surface area contributed by atoms with Crippen LogP contribution in [0.5, 0.6) is 5.75 Å².